The zero-order valence-electron chi connectivity index (χ0n) is 12.9. The van der Waals surface area contributed by atoms with Crippen molar-refractivity contribution in [3.63, 3.8) is 0 Å². The van der Waals surface area contributed by atoms with Crippen LogP contribution in [0.5, 0.6) is 5.75 Å². The van der Waals surface area contributed by atoms with Gasteiger partial charge in [0.2, 0.25) is 10.0 Å². The van der Waals surface area contributed by atoms with Crippen LogP contribution >= 0.6 is 0 Å². The second-order valence-electron chi connectivity index (χ2n) is 5.56. The van der Waals surface area contributed by atoms with E-state index < -0.39 is 16.1 Å². The van der Waals surface area contributed by atoms with E-state index in [1.54, 1.807) is 11.8 Å². The van der Waals surface area contributed by atoms with Gasteiger partial charge in [-0.25, -0.2) is 13.1 Å². The number of hydrogen-bond acceptors (Lipinski definition) is 4. The molecule has 1 aliphatic heterocycles. The highest BCUT2D eigenvalue weighted by Crippen LogP contribution is 2.15. The molecule has 2 rings (SSSR count). The van der Waals surface area contributed by atoms with Gasteiger partial charge in [0.1, 0.15) is 5.75 Å². The summed E-state index contributed by atoms with van der Waals surface area (Å²) in [5.74, 6) is 0.596. The molecule has 0 unspecified atom stereocenters. The van der Waals surface area contributed by atoms with E-state index in [1.165, 1.54) is 0 Å². The van der Waals surface area contributed by atoms with Crippen LogP contribution in [0, 0.1) is 0 Å². The van der Waals surface area contributed by atoms with Crippen molar-refractivity contribution in [1.82, 2.24) is 9.62 Å². The van der Waals surface area contributed by atoms with Gasteiger partial charge in [-0.05, 0) is 31.9 Å². The third-order valence-corrected chi connectivity index (χ3v) is 4.35. The first-order valence-electron chi connectivity index (χ1n) is 7.33. The Balaban J connectivity index is 1.84. The molecule has 0 radical (unpaired) electrons. The van der Waals surface area contributed by atoms with Crippen molar-refractivity contribution in [1.29, 1.82) is 0 Å². The summed E-state index contributed by atoms with van der Waals surface area (Å²) in [5.41, 5.74) is 0. The summed E-state index contributed by atoms with van der Waals surface area (Å²) in [6.45, 7) is 2.80. The van der Waals surface area contributed by atoms with Crippen molar-refractivity contribution in [3.05, 3.63) is 30.3 Å². The highest BCUT2D eigenvalue weighted by atomic mass is 32.2. The van der Waals surface area contributed by atoms with Crippen LogP contribution in [0.3, 0.4) is 0 Å². The van der Waals surface area contributed by atoms with Crippen molar-refractivity contribution < 1.29 is 17.9 Å². The van der Waals surface area contributed by atoms with Gasteiger partial charge in [-0.2, -0.15) is 0 Å². The van der Waals surface area contributed by atoms with Gasteiger partial charge in [-0.3, -0.25) is 4.79 Å². The van der Waals surface area contributed by atoms with Crippen LogP contribution < -0.4 is 9.46 Å². The monoisotopic (exact) mass is 326 g/mol. The Morgan fingerprint density at radius 2 is 1.86 bits per heavy atom. The molecule has 1 aliphatic rings. The number of rotatable bonds is 5. The molecular formula is C15H22N2O4S. The van der Waals surface area contributed by atoms with Gasteiger partial charge >= 0.3 is 0 Å². The van der Waals surface area contributed by atoms with Crippen molar-refractivity contribution in [2.75, 3.05) is 19.3 Å². The minimum absolute atomic E-state index is 0.0679. The number of carbonyl (C=O) groups excluding carboxylic acids is 1. The second kappa shape index (κ2) is 7.11. The number of carbonyl (C=O) groups is 1. The lowest BCUT2D eigenvalue weighted by Crippen LogP contribution is -2.49. The van der Waals surface area contributed by atoms with Crippen LogP contribution in [-0.4, -0.2) is 50.7 Å². The molecule has 7 heteroatoms. The second-order valence-corrected chi connectivity index (χ2v) is 7.34. The molecule has 22 heavy (non-hydrogen) atoms. The number of ether oxygens (including phenoxy) is 1. The smallest absolute Gasteiger partial charge is 0.263 e. The Kier molecular flexibility index (Phi) is 5.42. The predicted octanol–water partition coefficient (Wildman–Crippen LogP) is 0.994. The highest BCUT2D eigenvalue weighted by molar-refractivity contribution is 7.88. The summed E-state index contributed by atoms with van der Waals surface area (Å²) in [6.07, 6.45) is 1.84. The van der Waals surface area contributed by atoms with Gasteiger partial charge in [0.05, 0.1) is 6.26 Å². The minimum Gasteiger partial charge on any atom is -0.481 e. The summed E-state index contributed by atoms with van der Waals surface area (Å²) in [7, 11) is -3.20. The number of para-hydroxylation sites is 1. The Hall–Kier alpha value is -1.60. The Labute approximate surface area is 131 Å². The van der Waals surface area contributed by atoms with Gasteiger partial charge in [0.15, 0.2) is 6.10 Å². The average Bonchev–Trinajstić information content (AvgIpc) is 2.46. The van der Waals surface area contributed by atoms with E-state index >= 15 is 0 Å². The fourth-order valence-electron chi connectivity index (χ4n) is 2.53. The van der Waals surface area contributed by atoms with E-state index in [9.17, 15) is 13.2 Å². The third kappa shape index (κ3) is 4.99. The van der Waals surface area contributed by atoms with Gasteiger partial charge in [0, 0.05) is 19.1 Å². The predicted molar refractivity (Wildman–Crippen MR) is 84.1 cm³/mol. The Morgan fingerprint density at radius 3 is 2.41 bits per heavy atom. The first-order chi connectivity index (χ1) is 10.3. The first-order valence-corrected chi connectivity index (χ1v) is 9.22. The molecule has 1 aromatic rings. The summed E-state index contributed by atoms with van der Waals surface area (Å²) in [4.78, 5) is 14.1. The molecule has 6 nitrogen and oxygen atoms in total. The molecule has 0 spiro atoms. The summed E-state index contributed by atoms with van der Waals surface area (Å²) in [6, 6.07) is 9.13. The Morgan fingerprint density at radius 1 is 1.27 bits per heavy atom. The molecule has 1 fully saturated rings. The number of sulfonamides is 1. The fourth-order valence-corrected chi connectivity index (χ4v) is 3.37. The van der Waals surface area contributed by atoms with Gasteiger partial charge < -0.3 is 9.64 Å². The van der Waals surface area contributed by atoms with E-state index in [0.717, 1.165) is 6.26 Å². The van der Waals surface area contributed by atoms with Crippen molar-refractivity contribution in [2.24, 2.45) is 0 Å². The maximum Gasteiger partial charge on any atom is 0.263 e. The van der Waals surface area contributed by atoms with Crippen molar-refractivity contribution >= 4 is 15.9 Å². The van der Waals surface area contributed by atoms with Gasteiger partial charge in [-0.1, -0.05) is 18.2 Å². The van der Waals surface area contributed by atoms with Crippen LogP contribution in [0.2, 0.25) is 0 Å². The number of nitrogens with one attached hydrogen (secondary N) is 1. The number of hydrogen-bond donors (Lipinski definition) is 1. The Bertz CT molecular complexity index is 595. The maximum atomic E-state index is 12.4. The topological polar surface area (TPSA) is 75.7 Å². The largest absolute Gasteiger partial charge is 0.481 e. The van der Waals surface area contributed by atoms with Crippen LogP contribution in [0.4, 0.5) is 0 Å². The SMILES string of the molecule is C[C@@H](Oc1ccccc1)C(=O)N1CCC(NS(C)(=O)=O)CC1. The van der Waals surface area contributed by atoms with E-state index in [0.29, 0.717) is 31.7 Å². The molecule has 0 aromatic heterocycles. The zero-order chi connectivity index (χ0) is 16.2. The number of likely N-dealkylation sites (tertiary alicyclic amines) is 1. The zero-order valence-corrected chi connectivity index (χ0v) is 13.7. The number of nitrogens with zero attached hydrogens (tertiary/aromatic N) is 1. The standard InChI is InChI=1S/C15H22N2O4S/c1-12(21-14-6-4-3-5-7-14)15(18)17-10-8-13(9-11-17)16-22(2,19)20/h3-7,12-13,16H,8-11H2,1-2H3/t12-/m1/s1. The van der Waals surface area contributed by atoms with E-state index in [-0.39, 0.29) is 11.9 Å². The molecule has 1 amide bonds. The number of benzene rings is 1. The number of piperidine rings is 1. The lowest BCUT2D eigenvalue weighted by atomic mass is 10.1. The first kappa shape index (κ1) is 16.8. The van der Waals surface area contributed by atoms with Crippen molar-refractivity contribution in [3.8, 4) is 5.75 Å². The molecule has 0 aliphatic carbocycles. The molecule has 1 saturated heterocycles. The molecule has 122 valence electrons. The van der Waals surface area contributed by atoms with Gasteiger partial charge in [-0.15, -0.1) is 0 Å². The molecular weight excluding hydrogens is 304 g/mol. The fraction of sp³-hybridized carbons (Fsp3) is 0.533. The summed E-state index contributed by atoms with van der Waals surface area (Å²) < 4.78 is 30.7. The third-order valence-electron chi connectivity index (χ3n) is 3.59. The minimum atomic E-state index is -3.20. The summed E-state index contributed by atoms with van der Waals surface area (Å²) >= 11 is 0. The van der Waals surface area contributed by atoms with Crippen LogP contribution in [0.25, 0.3) is 0 Å². The normalized spacial score (nSPS) is 18.0. The molecule has 1 aromatic carbocycles. The lowest BCUT2D eigenvalue weighted by Gasteiger charge is -2.33. The molecule has 0 saturated carbocycles. The molecule has 1 atom stereocenters. The quantitative estimate of drug-likeness (QED) is 0.876. The van der Waals surface area contributed by atoms with Crippen LogP contribution in [0.1, 0.15) is 19.8 Å². The van der Waals surface area contributed by atoms with E-state index in [4.69, 9.17) is 4.74 Å². The summed E-state index contributed by atoms with van der Waals surface area (Å²) in [5, 5.41) is 0. The van der Waals surface area contributed by atoms with Crippen molar-refractivity contribution in [2.45, 2.75) is 31.9 Å². The number of amides is 1. The maximum absolute atomic E-state index is 12.4. The molecule has 1 heterocycles. The van der Waals surface area contributed by atoms with E-state index in [1.807, 2.05) is 30.3 Å². The highest BCUT2D eigenvalue weighted by Gasteiger charge is 2.28. The van der Waals surface area contributed by atoms with Gasteiger partial charge in [0.25, 0.3) is 5.91 Å². The van der Waals surface area contributed by atoms with Crippen LogP contribution in [-0.2, 0) is 14.8 Å². The average molecular weight is 326 g/mol. The lowest BCUT2D eigenvalue weighted by molar-refractivity contribution is -0.139. The van der Waals surface area contributed by atoms with E-state index in [2.05, 4.69) is 4.72 Å². The molecule has 1 N–H and O–H groups in total. The van der Waals surface area contributed by atoms with Crippen LogP contribution in [0.15, 0.2) is 30.3 Å². The molecule has 0 bridgehead atoms.